The molecule has 1 heterocycles. The molecule has 1 saturated heterocycles. The highest BCUT2D eigenvalue weighted by molar-refractivity contribution is 6.02. The molecule has 0 unspecified atom stereocenters. The van der Waals surface area contributed by atoms with Crippen LogP contribution in [-0.4, -0.2) is 29.9 Å². The number of nitrogens with one attached hydrogen (secondary N) is 1. The highest BCUT2D eigenvalue weighted by Gasteiger charge is 2.17. The average molecular weight is 258 g/mol. The zero-order valence-corrected chi connectivity index (χ0v) is 10.8. The van der Waals surface area contributed by atoms with E-state index in [0.717, 1.165) is 37.9 Å². The number of benzene rings is 1. The van der Waals surface area contributed by atoms with E-state index in [9.17, 15) is 9.59 Å². The molecule has 1 aromatic carbocycles. The van der Waals surface area contributed by atoms with Crippen LogP contribution in [0.15, 0.2) is 36.4 Å². The van der Waals surface area contributed by atoms with E-state index in [1.165, 1.54) is 6.08 Å². The Labute approximate surface area is 113 Å². The van der Waals surface area contributed by atoms with Crippen LogP contribution in [0.25, 0.3) is 6.08 Å². The predicted octanol–water partition coefficient (Wildman–Crippen LogP) is 2.42. The SMILES string of the molecule is O=C(/C=C/c1ccccc1)NC(=O)N1CCCCC1. The average Bonchev–Trinajstić information content (AvgIpc) is 2.47. The Hall–Kier alpha value is -2.10. The smallest absolute Gasteiger partial charge is 0.324 e. The number of amides is 3. The Morgan fingerprint density at radius 1 is 1.05 bits per heavy atom. The Morgan fingerprint density at radius 2 is 1.74 bits per heavy atom. The lowest BCUT2D eigenvalue weighted by Crippen LogP contribution is -2.44. The zero-order valence-electron chi connectivity index (χ0n) is 10.8. The first-order valence-corrected chi connectivity index (χ1v) is 6.59. The van der Waals surface area contributed by atoms with Gasteiger partial charge in [-0.05, 0) is 30.9 Å². The van der Waals surface area contributed by atoms with Gasteiger partial charge in [0, 0.05) is 19.2 Å². The van der Waals surface area contributed by atoms with Crippen molar-refractivity contribution in [2.75, 3.05) is 13.1 Å². The van der Waals surface area contributed by atoms with Crippen molar-refractivity contribution in [1.29, 1.82) is 0 Å². The first-order valence-electron chi connectivity index (χ1n) is 6.59. The Bertz CT molecular complexity index is 462. The quantitative estimate of drug-likeness (QED) is 0.828. The fraction of sp³-hybridized carbons (Fsp3) is 0.333. The van der Waals surface area contributed by atoms with Gasteiger partial charge in [-0.15, -0.1) is 0 Å². The van der Waals surface area contributed by atoms with Crippen LogP contribution in [0.5, 0.6) is 0 Å². The number of hydrogen-bond acceptors (Lipinski definition) is 2. The summed E-state index contributed by atoms with van der Waals surface area (Å²) in [6, 6.07) is 9.22. The minimum atomic E-state index is -0.376. The highest BCUT2D eigenvalue weighted by Crippen LogP contribution is 2.08. The third-order valence-corrected chi connectivity index (χ3v) is 3.10. The molecule has 0 saturated carbocycles. The van der Waals surface area contributed by atoms with Gasteiger partial charge in [-0.1, -0.05) is 30.3 Å². The largest absolute Gasteiger partial charge is 0.324 e. The molecule has 4 nitrogen and oxygen atoms in total. The number of nitrogens with zero attached hydrogens (tertiary/aromatic N) is 1. The molecule has 19 heavy (non-hydrogen) atoms. The topological polar surface area (TPSA) is 49.4 Å². The first-order chi connectivity index (χ1) is 9.25. The number of carbonyl (C=O) groups is 2. The number of imide groups is 1. The molecule has 1 N–H and O–H groups in total. The summed E-state index contributed by atoms with van der Waals surface area (Å²) in [5, 5.41) is 2.38. The van der Waals surface area contributed by atoms with E-state index in [0.29, 0.717) is 0 Å². The van der Waals surface area contributed by atoms with Crippen molar-refractivity contribution in [3.8, 4) is 0 Å². The van der Waals surface area contributed by atoms with E-state index in [1.54, 1.807) is 11.0 Å². The number of rotatable bonds is 2. The van der Waals surface area contributed by atoms with Crippen molar-refractivity contribution in [2.45, 2.75) is 19.3 Å². The van der Waals surface area contributed by atoms with Crippen molar-refractivity contribution >= 4 is 18.0 Å². The third kappa shape index (κ3) is 4.25. The summed E-state index contributed by atoms with van der Waals surface area (Å²) in [6.45, 7) is 1.48. The fourth-order valence-electron chi connectivity index (χ4n) is 2.06. The number of urea groups is 1. The second-order valence-electron chi connectivity index (χ2n) is 4.59. The molecule has 0 spiro atoms. The van der Waals surface area contributed by atoms with Crippen molar-refractivity contribution in [1.82, 2.24) is 10.2 Å². The number of piperidine rings is 1. The molecule has 100 valence electrons. The van der Waals surface area contributed by atoms with Crippen LogP contribution < -0.4 is 5.32 Å². The predicted molar refractivity (Wildman–Crippen MR) is 74.4 cm³/mol. The maximum absolute atomic E-state index is 11.8. The molecule has 1 aliphatic rings. The fourth-order valence-corrected chi connectivity index (χ4v) is 2.06. The molecule has 0 bridgehead atoms. The second-order valence-corrected chi connectivity index (χ2v) is 4.59. The van der Waals surface area contributed by atoms with Crippen LogP contribution in [0.4, 0.5) is 4.79 Å². The van der Waals surface area contributed by atoms with E-state index in [-0.39, 0.29) is 11.9 Å². The van der Waals surface area contributed by atoms with Crippen LogP contribution in [0, 0.1) is 0 Å². The van der Waals surface area contributed by atoms with Gasteiger partial charge < -0.3 is 4.90 Å². The van der Waals surface area contributed by atoms with Crippen LogP contribution in [0.2, 0.25) is 0 Å². The van der Waals surface area contributed by atoms with Gasteiger partial charge in [-0.2, -0.15) is 0 Å². The van der Waals surface area contributed by atoms with Gasteiger partial charge in [0.05, 0.1) is 0 Å². The van der Waals surface area contributed by atoms with Crippen molar-refractivity contribution in [3.05, 3.63) is 42.0 Å². The van der Waals surface area contributed by atoms with Crippen molar-refractivity contribution < 1.29 is 9.59 Å². The first kappa shape index (κ1) is 13.3. The maximum Gasteiger partial charge on any atom is 0.324 e. The van der Waals surface area contributed by atoms with Gasteiger partial charge >= 0.3 is 6.03 Å². The van der Waals surface area contributed by atoms with Gasteiger partial charge in [0.2, 0.25) is 0 Å². The lowest BCUT2D eigenvalue weighted by Gasteiger charge is -2.26. The Morgan fingerprint density at radius 3 is 2.42 bits per heavy atom. The highest BCUT2D eigenvalue weighted by atomic mass is 16.2. The van der Waals surface area contributed by atoms with Crippen LogP contribution >= 0.6 is 0 Å². The molecular formula is C15H18N2O2. The molecule has 0 atom stereocenters. The second kappa shape index (κ2) is 6.73. The molecule has 2 rings (SSSR count). The Balaban J connectivity index is 1.83. The van der Waals surface area contributed by atoms with E-state index in [2.05, 4.69) is 5.32 Å². The van der Waals surface area contributed by atoms with Crippen molar-refractivity contribution in [3.63, 3.8) is 0 Å². The van der Waals surface area contributed by atoms with Gasteiger partial charge in [-0.3, -0.25) is 10.1 Å². The lowest BCUT2D eigenvalue weighted by atomic mass is 10.1. The molecule has 0 aliphatic carbocycles. The summed E-state index contributed by atoms with van der Waals surface area (Å²) in [5.41, 5.74) is 0.933. The molecule has 1 aliphatic heterocycles. The van der Waals surface area contributed by atoms with E-state index >= 15 is 0 Å². The van der Waals surface area contributed by atoms with Crippen molar-refractivity contribution in [2.24, 2.45) is 0 Å². The molecule has 1 fully saturated rings. The van der Waals surface area contributed by atoms with Crippen LogP contribution in [-0.2, 0) is 4.79 Å². The molecule has 4 heteroatoms. The summed E-state index contributed by atoms with van der Waals surface area (Å²) in [7, 11) is 0. The monoisotopic (exact) mass is 258 g/mol. The minimum absolute atomic E-state index is 0.289. The summed E-state index contributed by atoms with van der Waals surface area (Å²) in [4.78, 5) is 25.1. The maximum atomic E-state index is 11.8. The summed E-state index contributed by atoms with van der Waals surface area (Å²) >= 11 is 0. The summed E-state index contributed by atoms with van der Waals surface area (Å²) < 4.78 is 0. The van der Waals surface area contributed by atoms with E-state index in [1.807, 2.05) is 30.3 Å². The number of likely N-dealkylation sites (tertiary alicyclic amines) is 1. The lowest BCUT2D eigenvalue weighted by molar-refractivity contribution is -0.115. The van der Waals surface area contributed by atoms with Crippen LogP contribution in [0.1, 0.15) is 24.8 Å². The third-order valence-electron chi connectivity index (χ3n) is 3.10. The molecule has 0 radical (unpaired) electrons. The van der Waals surface area contributed by atoms with Gasteiger partial charge in [0.1, 0.15) is 0 Å². The zero-order chi connectivity index (χ0) is 13.5. The van der Waals surface area contributed by atoms with E-state index in [4.69, 9.17) is 0 Å². The summed E-state index contributed by atoms with van der Waals surface area (Å²) in [5.74, 6) is -0.376. The minimum Gasteiger partial charge on any atom is -0.324 e. The van der Waals surface area contributed by atoms with E-state index < -0.39 is 0 Å². The molecule has 0 aromatic heterocycles. The molecule has 1 aromatic rings. The van der Waals surface area contributed by atoms with Gasteiger partial charge in [-0.25, -0.2) is 4.79 Å². The summed E-state index contributed by atoms with van der Waals surface area (Å²) in [6.07, 6.45) is 6.27. The Kier molecular flexibility index (Phi) is 4.72. The standard InChI is InChI=1S/C15H18N2O2/c18-14(10-9-13-7-3-1-4-8-13)16-15(19)17-11-5-2-6-12-17/h1,3-4,7-10H,2,5-6,11-12H2,(H,16,18,19)/b10-9+. The van der Waals surface area contributed by atoms with Gasteiger partial charge in [0.15, 0.2) is 0 Å². The molecular weight excluding hydrogens is 240 g/mol. The normalized spacial score (nSPS) is 15.5. The number of carbonyl (C=O) groups excluding carboxylic acids is 2. The van der Waals surface area contributed by atoms with Crippen LogP contribution in [0.3, 0.4) is 0 Å². The van der Waals surface area contributed by atoms with Gasteiger partial charge in [0.25, 0.3) is 5.91 Å². The number of hydrogen-bond donors (Lipinski definition) is 1. The molecule has 3 amide bonds.